The van der Waals surface area contributed by atoms with E-state index < -0.39 is 21.3 Å². The monoisotopic (exact) mass is 343 g/mol. The second-order valence-corrected chi connectivity index (χ2v) is 7.80. The number of aliphatic hydroxyl groups excluding tert-OH is 1. The molecule has 1 fully saturated rings. The maximum atomic E-state index is 13.2. The van der Waals surface area contributed by atoms with E-state index in [4.69, 9.17) is 9.15 Å². The van der Waals surface area contributed by atoms with Crippen LogP contribution in [0.15, 0.2) is 33.8 Å². The summed E-state index contributed by atoms with van der Waals surface area (Å²) in [5, 5.41) is 9.76. The Bertz CT molecular complexity index is 818. The molecular formula is C15H18FNO5S. The summed E-state index contributed by atoms with van der Waals surface area (Å²) in [6, 6.07) is 5.16. The summed E-state index contributed by atoms with van der Waals surface area (Å²) in [7, 11) is -2.32. The lowest BCUT2D eigenvalue weighted by Gasteiger charge is -2.25. The molecule has 1 aliphatic heterocycles. The van der Waals surface area contributed by atoms with Gasteiger partial charge in [-0.2, -0.15) is 4.31 Å². The third kappa shape index (κ3) is 2.87. The lowest BCUT2D eigenvalue weighted by atomic mass is 9.89. The van der Waals surface area contributed by atoms with E-state index >= 15 is 0 Å². The van der Waals surface area contributed by atoms with Crippen molar-refractivity contribution in [3.05, 3.63) is 30.1 Å². The number of rotatable bonds is 5. The quantitative estimate of drug-likeness (QED) is 0.892. The van der Waals surface area contributed by atoms with Crippen molar-refractivity contribution >= 4 is 21.0 Å². The van der Waals surface area contributed by atoms with Gasteiger partial charge < -0.3 is 14.3 Å². The maximum Gasteiger partial charge on any atom is 0.276 e. The van der Waals surface area contributed by atoms with Crippen molar-refractivity contribution < 1.29 is 27.1 Å². The van der Waals surface area contributed by atoms with Gasteiger partial charge in [0.05, 0.1) is 13.2 Å². The van der Waals surface area contributed by atoms with Gasteiger partial charge in [0, 0.05) is 37.1 Å². The number of furan rings is 1. The van der Waals surface area contributed by atoms with Gasteiger partial charge in [-0.15, -0.1) is 0 Å². The molecule has 1 saturated heterocycles. The molecule has 1 aromatic carbocycles. The average Bonchev–Trinajstić information content (AvgIpc) is 3.12. The molecule has 2 aromatic rings. The van der Waals surface area contributed by atoms with Gasteiger partial charge in [0.25, 0.3) is 10.0 Å². The lowest BCUT2D eigenvalue weighted by molar-refractivity contribution is 0.0400. The summed E-state index contributed by atoms with van der Waals surface area (Å²) >= 11 is 0. The van der Waals surface area contributed by atoms with Crippen LogP contribution in [0.5, 0.6) is 0 Å². The SMILES string of the molecule is COCC1(CO)CCN(S(=O)(=O)c2cc3cc(F)ccc3o2)C1. The number of methoxy groups -OCH3 is 1. The first-order valence-electron chi connectivity index (χ1n) is 7.19. The summed E-state index contributed by atoms with van der Waals surface area (Å²) in [6.45, 7) is 0.557. The number of fused-ring (bicyclic) bond motifs is 1. The lowest BCUT2D eigenvalue weighted by Crippen LogP contribution is -2.36. The zero-order chi connectivity index (χ0) is 16.7. The van der Waals surface area contributed by atoms with E-state index in [0.29, 0.717) is 17.4 Å². The number of aliphatic hydroxyl groups is 1. The molecule has 126 valence electrons. The molecule has 1 atom stereocenters. The Morgan fingerprint density at radius 1 is 1.43 bits per heavy atom. The Morgan fingerprint density at radius 3 is 2.91 bits per heavy atom. The molecule has 0 spiro atoms. The molecule has 1 aliphatic rings. The number of hydrogen-bond acceptors (Lipinski definition) is 5. The zero-order valence-corrected chi connectivity index (χ0v) is 13.5. The topological polar surface area (TPSA) is 80.0 Å². The van der Waals surface area contributed by atoms with Gasteiger partial charge in [-0.05, 0) is 24.6 Å². The molecule has 6 nitrogen and oxygen atoms in total. The van der Waals surface area contributed by atoms with Crippen LogP contribution in [0.25, 0.3) is 11.0 Å². The highest BCUT2D eigenvalue weighted by Gasteiger charge is 2.43. The fraction of sp³-hybridized carbons (Fsp3) is 0.467. The van der Waals surface area contributed by atoms with E-state index in [2.05, 4.69) is 0 Å². The van der Waals surface area contributed by atoms with Crippen molar-refractivity contribution in [2.45, 2.75) is 11.5 Å². The van der Waals surface area contributed by atoms with Crippen molar-refractivity contribution in [1.82, 2.24) is 4.31 Å². The predicted octanol–water partition coefficient (Wildman–Crippen LogP) is 1.59. The smallest absolute Gasteiger partial charge is 0.276 e. The van der Waals surface area contributed by atoms with Gasteiger partial charge in [-0.25, -0.2) is 12.8 Å². The van der Waals surface area contributed by atoms with Crippen LogP contribution < -0.4 is 0 Å². The first-order valence-corrected chi connectivity index (χ1v) is 8.63. The van der Waals surface area contributed by atoms with Gasteiger partial charge in [0.15, 0.2) is 0 Å². The average molecular weight is 343 g/mol. The fourth-order valence-corrected chi connectivity index (χ4v) is 4.44. The van der Waals surface area contributed by atoms with Crippen LogP contribution in [0, 0.1) is 11.2 Å². The van der Waals surface area contributed by atoms with Crippen LogP contribution in [0.4, 0.5) is 4.39 Å². The van der Waals surface area contributed by atoms with Gasteiger partial charge in [0.2, 0.25) is 5.09 Å². The minimum atomic E-state index is -3.84. The van der Waals surface area contributed by atoms with Crippen molar-refractivity contribution in [2.75, 3.05) is 33.4 Å². The number of sulfonamides is 1. The van der Waals surface area contributed by atoms with Crippen molar-refractivity contribution in [3.63, 3.8) is 0 Å². The van der Waals surface area contributed by atoms with Crippen molar-refractivity contribution in [3.8, 4) is 0 Å². The molecule has 1 unspecified atom stereocenters. The minimum absolute atomic E-state index is 0.155. The predicted molar refractivity (Wildman–Crippen MR) is 80.9 cm³/mol. The van der Waals surface area contributed by atoms with Crippen LogP contribution in [-0.4, -0.2) is 51.2 Å². The third-order valence-corrected chi connectivity index (χ3v) is 5.94. The number of halogens is 1. The second-order valence-electron chi connectivity index (χ2n) is 5.93. The van der Waals surface area contributed by atoms with E-state index in [1.165, 1.54) is 35.7 Å². The van der Waals surface area contributed by atoms with Crippen LogP contribution in [-0.2, 0) is 14.8 Å². The third-order valence-electron chi connectivity index (χ3n) is 4.24. The van der Waals surface area contributed by atoms with Crippen LogP contribution in [0.1, 0.15) is 6.42 Å². The van der Waals surface area contributed by atoms with Crippen molar-refractivity contribution in [1.29, 1.82) is 0 Å². The summed E-state index contributed by atoms with van der Waals surface area (Å²) in [5.74, 6) is -0.456. The molecule has 0 aliphatic carbocycles. The van der Waals surface area contributed by atoms with Crippen LogP contribution in [0.3, 0.4) is 0 Å². The number of hydrogen-bond donors (Lipinski definition) is 1. The van der Waals surface area contributed by atoms with E-state index in [0.717, 1.165) is 0 Å². The summed E-state index contributed by atoms with van der Waals surface area (Å²) in [4.78, 5) is 0. The first kappa shape index (κ1) is 16.4. The number of nitrogens with zero attached hydrogens (tertiary/aromatic N) is 1. The molecular weight excluding hydrogens is 325 g/mol. The molecule has 2 heterocycles. The van der Waals surface area contributed by atoms with Gasteiger partial charge in [0.1, 0.15) is 11.4 Å². The fourth-order valence-electron chi connectivity index (χ4n) is 2.94. The van der Waals surface area contributed by atoms with Crippen LogP contribution >= 0.6 is 0 Å². The molecule has 0 amide bonds. The highest BCUT2D eigenvalue weighted by Crippen LogP contribution is 2.35. The molecule has 1 aromatic heterocycles. The molecule has 0 bridgehead atoms. The molecule has 23 heavy (non-hydrogen) atoms. The Balaban J connectivity index is 1.92. The largest absolute Gasteiger partial charge is 0.443 e. The van der Waals surface area contributed by atoms with E-state index in [9.17, 15) is 17.9 Å². The molecule has 3 rings (SSSR count). The summed E-state index contributed by atoms with van der Waals surface area (Å²) in [6.07, 6.45) is 0.505. The molecule has 0 saturated carbocycles. The Kier molecular flexibility index (Phi) is 4.18. The zero-order valence-electron chi connectivity index (χ0n) is 12.7. The minimum Gasteiger partial charge on any atom is -0.443 e. The number of benzene rings is 1. The number of ether oxygens (including phenoxy) is 1. The van der Waals surface area contributed by atoms with Gasteiger partial charge in [-0.1, -0.05) is 0 Å². The highest BCUT2D eigenvalue weighted by molar-refractivity contribution is 7.89. The molecule has 1 N–H and O–H groups in total. The first-order chi connectivity index (χ1) is 10.9. The van der Waals surface area contributed by atoms with Gasteiger partial charge in [-0.3, -0.25) is 0 Å². The second kappa shape index (κ2) is 5.86. The maximum absolute atomic E-state index is 13.2. The van der Waals surface area contributed by atoms with Crippen LogP contribution in [0.2, 0.25) is 0 Å². The van der Waals surface area contributed by atoms with E-state index in [1.54, 1.807) is 0 Å². The van der Waals surface area contributed by atoms with Gasteiger partial charge >= 0.3 is 0 Å². The van der Waals surface area contributed by atoms with E-state index in [1.807, 2.05) is 0 Å². The van der Waals surface area contributed by atoms with Crippen molar-refractivity contribution in [2.24, 2.45) is 5.41 Å². The normalized spacial score (nSPS) is 22.9. The standard InChI is InChI=1S/C15H18FNO5S/c1-21-10-15(9-18)4-5-17(8-15)23(19,20)14-7-11-6-12(16)2-3-13(11)22-14/h2-3,6-7,18H,4-5,8-10H2,1H3. The Hall–Kier alpha value is -1.48. The highest BCUT2D eigenvalue weighted by atomic mass is 32.2. The summed E-state index contributed by atoms with van der Waals surface area (Å²) < 4.78 is 50.4. The Labute approximate surface area is 133 Å². The summed E-state index contributed by atoms with van der Waals surface area (Å²) in [5.41, 5.74) is -0.283. The Morgan fingerprint density at radius 2 is 2.22 bits per heavy atom. The van der Waals surface area contributed by atoms with E-state index in [-0.39, 0.29) is 31.4 Å². The molecule has 8 heteroatoms. The molecule has 0 radical (unpaired) electrons.